The molecule has 0 saturated heterocycles. The van der Waals surface area contributed by atoms with Gasteiger partial charge in [-0.1, -0.05) is 15.9 Å². The highest BCUT2D eigenvalue weighted by molar-refractivity contribution is 9.10. The molecule has 0 aliphatic carbocycles. The lowest BCUT2D eigenvalue weighted by atomic mass is 10.1. The maximum absolute atomic E-state index is 13.3. The van der Waals surface area contributed by atoms with Crippen molar-refractivity contribution in [1.82, 2.24) is 5.32 Å². The van der Waals surface area contributed by atoms with E-state index in [0.29, 0.717) is 10.0 Å². The van der Waals surface area contributed by atoms with Gasteiger partial charge in [0.2, 0.25) is 0 Å². The number of thioether (sulfide) groups is 1. The van der Waals surface area contributed by atoms with Crippen LogP contribution in [0.5, 0.6) is 5.75 Å². The first-order valence-electron chi connectivity index (χ1n) is 4.96. The van der Waals surface area contributed by atoms with Crippen LogP contribution in [0.2, 0.25) is 0 Å². The molecule has 2 N–H and O–H groups in total. The molecule has 0 heterocycles. The smallest absolute Gasteiger partial charge is 0.166 e. The van der Waals surface area contributed by atoms with E-state index in [2.05, 4.69) is 21.2 Å². The molecule has 1 unspecified atom stereocenters. The summed E-state index contributed by atoms with van der Waals surface area (Å²) in [6.07, 6.45) is 2.03. The van der Waals surface area contributed by atoms with Crippen LogP contribution in [0.15, 0.2) is 16.6 Å². The predicted molar refractivity (Wildman–Crippen MR) is 70.6 cm³/mol. The Balaban J connectivity index is 2.78. The quantitative estimate of drug-likeness (QED) is 0.819. The Labute approximate surface area is 108 Å². The maximum atomic E-state index is 13.3. The zero-order valence-corrected chi connectivity index (χ0v) is 11.7. The summed E-state index contributed by atoms with van der Waals surface area (Å²) < 4.78 is 13.9. The van der Waals surface area contributed by atoms with Crippen molar-refractivity contribution in [2.75, 3.05) is 18.6 Å². The minimum absolute atomic E-state index is 0.0702. The molecule has 1 atom stereocenters. The summed E-state index contributed by atoms with van der Waals surface area (Å²) in [7, 11) is 0. The van der Waals surface area contributed by atoms with E-state index in [4.69, 9.17) is 0 Å². The van der Waals surface area contributed by atoms with Gasteiger partial charge in [0.25, 0.3) is 0 Å². The van der Waals surface area contributed by atoms with Gasteiger partial charge < -0.3 is 10.4 Å². The summed E-state index contributed by atoms with van der Waals surface area (Å²) in [5.74, 6) is 0.122. The Morgan fingerprint density at radius 1 is 1.56 bits per heavy atom. The summed E-state index contributed by atoms with van der Waals surface area (Å²) in [5.41, 5.74) is 0.577. The van der Waals surface area contributed by atoms with Gasteiger partial charge in [0.15, 0.2) is 11.6 Å². The highest BCUT2D eigenvalue weighted by atomic mass is 79.9. The average Bonchev–Trinajstić information content (AvgIpc) is 2.23. The Hall–Kier alpha value is -0.260. The largest absolute Gasteiger partial charge is 0.505 e. The van der Waals surface area contributed by atoms with Crippen LogP contribution in [-0.2, 0) is 0 Å². The van der Waals surface area contributed by atoms with Gasteiger partial charge in [-0.2, -0.15) is 11.8 Å². The minimum Gasteiger partial charge on any atom is -0.505 e. The van der Waals surface area contributed by atoms with Crippen LogP contribution in [0, 0.1) is 5.82 Å². The zero-order chi connectivity index (χ0) is 12.1. The fraction of sp³-hybridized carbons (Fsp3) is 0.455. The number of halogens is 2. The van der Waals surface area contributed by atoms with Crippen molar-refractivity contribution in [3.63, 3.8) is 0 Å². The summed E-state index contributed by atoms with van der Waals surface area (Å²) >= 11 is 4.96. The second-order valence-corrected chi connectivity index (χ2v) is 5.40. The topological polar surface area (TPSA) is 32.3 Å². The van der Waals surface area contributed by atoms with Crippen molar-refractivity contribution in [3.8, 4) is 5.75 Å². The molecule has 1 aromatic rings. The van der Waals surface area contributed by atoms with Crippen LogP contribution in [0.3, 0.4) is 0 Å². The molecule has 5 heteroatoms. The first-order chi connectivity index (χ1) is 7.56. The molecule has 2 nitrogen and oxygen atoms in total. The lowest BCUT2D eigenvalue weighted by Crippen LogP contribution is -2.21. The highest BCUT2D eigenvalue weighted by Crippen LogP contribution is 2.30. The standard InChI is InChI=1S/C11H15BrFNOS/c1-7(14-3-4-16-2)9-5-8(12)6-10(13)11(9)15/h5-7,14-15H,3-4H2,1-2H3. The molecule has 0 fully saturated rings. The average molecular weight is 308 g/mol. The number of phenolic OH excluding ortho intramolecular Hbond substituents is 1. The third kappa shape index (κ3) is 3.64. The molecule has 0 amide bonds. The lowest BCUT2D eigenvalue weighted by molar-refractivity contribution is 0.416. The molecule has 0 saturated carbocycles. The number of hydrogen-bond donors (Lipinski definition) is 2. The fourth-order valence-electron chi connectivity index (χ4n) is 1.40. The summed E-state index contributed by atoms with van der Waals surface area (Å²) in [6, 6.07) is 2.92. The third-order valence-electron chi connectivity index (χ3n) is 2.28. The van der Waals surface area contributed by atoms with Crippen molar-refractivity contribution >= 4 is 27.7 Å². The highest BCUT2D eigenvalue weighted by Gasteiger charge is 2.14. The van der Waals surface area contributed by atoms with Gasteiger partial charge in [0.05, 0.1) is 0 Å². The lowest BCUT2D eigenvalue weighted by Gasteiger charge is -2.16. The number of phenols is 1. The number of hydrogen-bond acceptors (Lipinski definition) is 3. The first-order valence-corrected chi connectivity index (χ1v) is 7.15. The van der Waals surface area contributed by atoms with Crippen LogP contribution < -0.4 is 5.32 Å². The fourth-order valence-corrected chi connectivity index (χ4v) is 2.17. The van der Waals surface area contributed by atoms with Gasteiger partial charge in [0, 0.05) is 28.4 Å². The van der Waals surface area contributed by atoms with Crippen molar-refractivity contribution in [1.29, 1.82) is 0 Å². The molecule has 1 rings (SSSR count). The van der Waals surface area contributed by atoms with Crippen LogP contribution in [-0.4, -0.2) is 23.7 Å². The molecule has 0 bridgehead atoms. The van der Waals surface area contributed by atoms with Gasteiger partial charge in [-0.05, 0) is 25.3 Å². The molecule has 1 aromatic carbocycles. The number of benzene rings is 1. The van der Waals surface area contributed by atoms with E-state index < -0.39 is 5.82 Å². The summed E-state index contributed by atoms with van der Waals surface area (Å²) in [5, 5.41) is 12.8. The Morgan fingerprint density at radius 3 is 2.88 bits per heavy atom. The molecule has 16 heavy (non-hydrogen) atoms. The molecule has 0 spiro atoms. The normalized spacial score (nSPS) is 12.8. The molecule has 0 aliphatic heterocycles. The van der Waals surface area contributed by atoms with Gasteiger partial charge in [-0.15, -0.1) is 0 Å². The van der Waals surface area contributed by atoms with Crippen LogP contribution >= 0.6 is 27.7 Å². The van der Waals surface area contributed by atoms with Crippen molar-refractivity contribution in [2.45, 2.75) is 13.0 Å². The monoisotopic (exact) mass is 307 g/mol. The number of nitrogens with one attached hydrogen (secondary N) is 1. The Bertz CT molecular complexity index is 362. The van der Waals surface area contributed by atoms with Crippen molar-refractivity contribution in [3.05, 3.63) is 28.0 Å². The van der Waals surface area contributed by atoms with Crippen LogP contribution in [0.4, 0.5) is 4.39 Å². The molecular weight excluding hydrogens is 293 g/mol. The van der Waals surface area contributed by atoms with E-state index in [9.17, 15) is 9.50 Å². The van der Waals surface area contributed by atoms with E-state index in [1.54, 1.807) is 17.8 Å². The van der Waals surface area contributed by atoms with Gasteiger partial charge in [0.1, 0.15) is 0 Å². The van der Waals surface area contributed by atoms with Gasteiger partial charge in [-0.25, -0.2) is 4.39 Å². The Kier molecular flexibility index (Phi) is 5.58. The molecular formula is C11H15BrFNOS. The molecule has 90 valence electrons. The van der Waals surface area contributed by atoms with Gasteiger partial charge in [-0.3, -0.25) is 0 Å². The second kappa shape index (κ2) is 6.47. The van der Waals surface area contributed by atoms with E-state index in [0.717, 1.165) is 12.3 Å². The van der Waals surface area contributed by atoms with Crippen molar-refractivity contribution in [2.24, 2.45) is 0 Å². The van der Waals surface area contributed by atoms with Crippen LogP contribution in [0.25, 0.3) is 0 Å². The zero-order valence-electron chi connectivity index (χ0n) is 9.26. The number of aromatic hydroxyl groups is 1. The van der Waals surface area contributed by atoms with E-state index in [1.165, 1.54) is 6.07 Å². The first kappa shape index (κ1) is 13.8. The second-order valence-electron chi connectivity index (χ2n) is 3.49. The van der Waals surface area contributed by atoms with Crippen molar-refractivity contribution < 1.29 is 9.50 Å². The van der Waals surface area contributed by atoms with Gasteiger partial charge >= 0.3 is 0 Å². The Morgan fingerprint density at radius 2 is 2.25 bits per heavy atom. The van der Waals surface area contributed by atoms with E-state index in [-0.39, 0.29) is 11.8 Å². The predicted octanol–water partition coefficient (Wildman–Crippen LogP) is 3.31. The maximum Gasteiger partial charge on any atom is 0.166 e. The third-order valence-corrected chi connectivity index (χ3v) is 3.35. The summed E-state index contributed by atoms with van der Waals surface area (Å²) in [4.78, 5) is 0. The molecule has 0 radical (unpaired) electrons. The SMILES string of the molecule is CSCCNC(C)c1cc(Br)cc(F)c1O. The van der Waals surface area contributed by atoms with E-state index in [1.807, 2.05) is 13.2 Å². The van der Waals surface area contributed by atoms with Crippen LogP contribution in [0.1, 0.15) is 18.5 Å². The molecule has 0 aromatic heterocycles. The number of rotatable bonds is 5. The minimum atomic E-state index is -0.595. The summed E-state index contributed by atoms with van der Waals surface area (Å²) in [6.45, 7) is 2.73. The van der Waals surface area contributed by atoms with E-state index >= 15 is 0 Å². The molecule has 0 aliphatic rings.